The molecule has 0 rings (SSSR count). The van der Waals surface area contributed by atoms with Crippen LogP contribution in [0.5, 0.6) is 0 Å². The van der Waals surface area contributed by atoms with Crippen molar-refractivity contribution in [2.75, 3.05) is 26.4 Å². The van der Waals surface area contributed by atoms with Crippen LogP contribution in [0.25, 0.3) is 0 Å². The zero-order chi connectivity index (χ0) is 50.2. The van der Waals surface area contributed by atoms with Crippen molar-refractivity contribution < 1.29 is 37.6 Å². The Morgan fingerprint density at radius 1 is 0.435 bits per heavy atom. The van der Waals surface area contributed by atoms with Crippen LogP contribution >= 0.6 is 7.82 Å². The van der Waals surface area contributed by atoms with E-state index in [4.69, 9.17) is 24.3 Å². The van der Waals surface area contributed by atoms with Gasteiger partial charge in [-0.1, -0.05) is 282 Å². The molecule has 0 saturated heterocycles. The van der Waals surface area contributed by atoms with Gasteiger partial charge in [0.1, 0.15) is 6.61 Å². The molecule has 9 nitrogen and oxygen atoms in total. The zero-order valence-electron chi connectivity index (χ0n) is 45.6. The lowest BCUT2D eigenvalue weighted by atomic mass is 10.0. The van der Waals surface area contributed by atoms with Gasteiger partial charge in [-0.15, -0.1) is 0 Å². The first-order valence-electron chi connectivity index (χ1n) is 29.8. The normalized spacial score (nSPS) is 13.2. The monoisotopic (exact) mass is 996 g/mol. The SMILES string of the molecule is CCCC/C=C\C/C=C\CCCCCCCC(=O)OC(COC(=O)CCCCCCCCCCCCCCCCCCCCCCCCCCCCCCCCCCCC)COP(=O)(O)OCCN. The minimum Gasteiger partial charge on any atom is -0.462 e. The summed E-state index contributed by atoms with van der Waals surface area (Å²) >= 11 is 0. The zero-order valence-corrected chi connectivity index (χ0v) is 46.5. The Balaban J connectivity index is 3.77. The highest BCUT2D eigenvalue weighted by Crippen LogP contribution is 2.43. The molecular weight excluding hydrogens is 882 g/mol. The average Bonchev–Trinajstić information content (AvgIpc) is 3.34. The molecule has 2 atom stereocenters. The standard InChI is InChI=1S/C59H114NO8P/c1-3-5-7-9-11-13-15-17-19-20-21-22-23-24-25-26-27-28-29-30-31-32-33-34-35-36-37-38-40-41-43-45-47-49-51-58(61)65-55-57(56-67-69(63,64)66-54-53-60)68-59(62)52-50-48-46-44-42-39-18-16-14-12-10-8-6-4-2/h10,12,16,18,57H,3-9,11,13-15,17,19-56,60H2,1-2H3,(H,63,64)/b12-10-,18-16-. The van der Waals surface area contributed by atoms with Crippen LogP contribution in [-0.2, 0) is 32.7 Å². The van der Waals surface area contributed by atoms with Crippen LogP contribution in [0.15, 0.2) is 24.3 Å². The fourth-order valence-corrected chi connectivity index (χ4v) is 9.66. The van der Waals surface area contributed by atoms with Crippen molar-refractivity contribution >= 4 is 19.8 Å². The van der Waals surface area contributed by atoms with E-state index in [1.54, 1.807) is 0 Å². The summed E-state index contributed by atoms with van der Waals surface area (Å²) in [4.78, 5) is 35.1. The molecule has 0 spiro atoms. The molecule has 0 aliphatic heterocycles. The van der Waals surface area contributed by atoms with Crippen LogP contribution in [0.2, 0.25) is 0 Å². The van der Waals surface area contributed by atoms with Gasteiger partial charge < -0.3 is 20.1 Å². The molecule has 3 N–H and O–H groups in total. The summed E-state index contributed by atoms with van der Waals surface area (Å²) in [7, 11) is -4.38. The maximum atomic E-state index is 12.6. The predicted molar refractivity (Wildman–Crippen MR) is 294 cm³/mol. The summed E-state index contributed by atoms with van der Waals surface area (Å²) in [6, 6.07) is 0. The quantitative estimate of drug-likeness (QED) is 0.0264. The molecular formula is C59H114NO8P. The van der Waals surface area contributed by atoms with Crippen LogP contribution < -0.4 is 5.73 Å². The van der Waals surface area contributed by atoms with E-state index in [1.165, 1.54) is 212 Å². The van der Waals surface area contributed by atoms with E-state index in [-0.39, 0.29) is 38.6 Å². The van der Waals surface area contributed by atoms with E-state index in [1.807, 2.05) is 0 Å². The predicted octanol–water partition coefficient (Wildman–Crippen LogP) is 18.6. The molecule has 0 aromatic rings. The Labute approximate surface area is 427 Å². The van der Waals surface area contributed by atoms with E-state index in [2.05, 4.69) is 38.2 Å². The van der Waals surface area contributed by atoms with Crippen LogP contribution in [0.1, 0.15) is 309 Å². The van der Waals surface area contributed by atoms with Crippen molar-refractivity contribution in [1.29, 1.82) is 0 Å². The molecule has 0 aromatic heterocycles. The van der Waals surface area contributed by atoms with E-state index >= 15 is 0 Å². The highest BCUT2D eigenvalue weighted by atomic mass is 31.2. The molecule has 0 aliphatic carbocycles. The fourth-order valence-electron chi connectivity index (χ4n) is 8.89. The Bertz CT molecular complexity index is 1180. The number of allylic oxidation sites excluding steroid dienone is 4. The molecule has 0 radical (unpaired) electrons. The van der Waals surface area contributed by atoms with Gasteiger partial charge in [-0.2, -0.15) is 0 Å². The molecule has 69 heavy (non-hydrogen) atoms. The molecule has 0 bridgehead atoms. The summed E-state index contributed by atoms with van der Waals surface area (Å²) in [5, 5.41) is 0. The van der Waals surface area contributed by atoms with Crippen molar-refractivity contribution in [1.82, 2.24) is 0 Å². The first-order chi connectivity index (χ1) is 33.8. The Morgan fingerprint density at radius 3 is 1.14 bits per heavy atom. The number of carbonyl (C=O) groups excluding carboxylic acids is 2. The van der Waals surface area contributed by atoms with Crippen LogP contribution in [-0.4, -0.2) is 49.3 Å². The van der Waals surface area contributed by atoms with Gasteiger partial charge in [0.15, 0.2) is 6.10 Å². The lowest BCUT2D eigenvalue weighted by Gasteiger charge is -2.19. The molecule has 0 saturated carbocycles. The second-order valence-corrected chi connectivity index (χ2v) is 21.7. The van der Waals surface area contributed by atoms with Gasteiger partial charge in [0.2, 0.25) is 0 Å². The maximum absolute atomic E-state index is 12.6. The van der Waals surface area contributed by atoms with Gasteiger partial charge >= 0.3 is 19.8 Å². The van der Waals surface area contributed by atoms with Crippen molar-refractivity contribution in [2.45, 2.75) is 315 Å². The molecule has 2 unspecified atom stereocenters. The largest absolute Gasteiger partial charge is 0.472 e. The second-order valence-electron chi connectivity index (χ2n) is 20.2. The van der Waals surface area contributed by atoms with E-state index in [0.717, 1.165) is 64.2 Å². The van der Waals surface area contributed by atoms with Gasteiger partial charge in [-0.05, 0) is 38.5 Å². The number of carbonyl (C=O) groups is 2. The first kappa shape index (κ1) is 67.5. The van der Waals surface area contributed by atoms with Crippen molar-refractivity contribution in [3.63, 3.8) is 0 Å². The Kier molecular flexibility index (Phi) is 54.6. The number of phosphoric acid groups is 1. The van der Waals surface area contributed by atoms with Crippen molar-refractivity contribution in [3.05, 3.63) is 24.3 Å². The number of hydrogen-bond acceptors (Lipinski definition) is 8. The number of rotatable bonds is 57. The van der Waals surface area contributed by atoms with Gasteiger partial charge in [-0.3, -0.25) is 18.6 Å². The highest BCUT2D eigenvalue weighted by molar-refractivity contribution is 7.47. The summed E-state index contributed by atoms with van der Waals surface area (Å²) < 4.78 is 32.9. The van der Waals surface area contributed by atoms with E-state index in [9.17, 15) is 19.0 Å². The number of phosphoric ester groups is 1. The molecule has 0 heterocycles. The fraction of sp³-hybridized carbons (Fsp3) is 0.898. The third-order valence-corrected chi connectivity index (χ3v) is 14.3. The topological polar surface area (TPSA) is 134 Å². The smallest absolute Gasteiger partial charge is 0.462 e. The van der Waals surface area contributed by atoms with Crippen molar-refractivity contribution in [2.24, 2.45) is 5.73 Å². The van der Waals surface area contributed by atoms with Crippen LogP contribution in [0.3, 0.4) is 0 Å². The van der Waals surface area contributed by atoms with Crippen LogP contribution in [0, 0.1) is 0 Å². The van der Waals surface area contributed by atoms with E-state index < -0.39 is 26.5 Å². The average molecular weight is 997 g/mol. The third kappa shape index (κ3) is 55.7. The number of esters is 2. The van der Waals surface area contributed by atoms with Crippen LogP contribution in [0.4, 0.5) is 0 Å². The number of ether oxygens (including phenoxy) is 2. The van der Waals surface area contributed by atoms with Crippen molar-refractivity contribution in [3.8, 4) is 0 Å². The van der Waals surface area contributed by atoms with Gasteiger partial charge in [0.05, 0.1) is 13.2 Å². The molecule has 408 valence electrons. The number of unbranched alkanes of at least 4 members (excludes halogenated alkanes) is 40. The second kappa shape index (κ2) is 55.8. The van der Waals surface area contributed by atoms with Gasteiger partial charge in [0, 0.05) is 19.4 Å². The Morgan fingerprint density at radius 2 is 0.768 bits per heavy atom. The summed E-state index contributed by atoms with van der Waals surface area (Å²) in [5.74, 6) is -0.830. The summed E-state index contributed by atoms with van der Waals surface area (Å²) in [6.07, 6.45) is 65.6. The Hall–Kier alpha value is -1.51. The molecule has 0 amide bonds. The first-order valence-corrected chi connectivity index (χ1v) is 31.3. The third-order valence-electron chi connectivity index (χ3n) is 13.3. The van der Waals surface area contributed by atoms with Gasteiger partial charge in [-0.25, -0.2) is 4.57 Å². The minimum absolute atomic E-state index is 0.0528. The summed E-state index contributed by atoms with van der Waals surface area (Å²) in [6.45, 7) is 3.73. The van der Waals surface area contributed by atoms with Gasteiger partial charge in [0.25, 0.3) is 0 Å². The summed E-state index contributed by atoms with van der Waals surface area (Å²) in [5.41, 5.74) is 5.37. The number of hydrogen-bond donors (Lipinski definition) is 2. The molecule has 10 heteroatoms. The van der Waals surface area contributed by atoms with E-state index in [0.29, 0.717) is 6.42 Å². The maximum Gasteiger partial charge on any atom is 0.472 e. The molecule has 0 fully saturated rings. The molecule has 0 aliphatic rings. The lowest BCUT2D eigenvalue weighted by molar-refractivity contribution is -0.161. The molecule has 0 aromatic carbocycles. The lowest BCUT2D eigenvalue weighted by Crippen LogP contribution is -2.29. The highest BCUT2D eigenvalue weighted by Gasteiger charge is 2.26. The number of nitrogens with two attached hydrogens (primary N) is 1. The minimum atomic E-state index is -4.38.